The molecule has 0 aliphatic carbocycles. The predicted octanol–water partition coefficient (Wildman–Crippen LogP) is 8.12. The van der Waals surface area contributed by atoms with Gasteiger partial charge in [-0.3, -0.25) is 4.79 Å². The molecule has 0 aromatic rings. The van der Waals surface area contributed by atoms with Crippen LogP contribution in [0.15, 0.2) is 36.0 Å². The molecule has 62 heavy (non-hydrogen) atoms. The van der Waals surface area contributed by atoms with Gasteiger partial charge in [-0.15, -0.1) is 0 Å². The van der Waals surface area contributed by atoms with Crippen molar-refractivity contribution in [1.29, 1.82) is 0 Å². The third kappa shape index (κ3) is 21.8. The lowest BCUT2D eigenvalue weighted by atomic mass is 9.88. The summed E-state index contributed by atoms with van der Waals surface area (Å²) in [5.74, 6) is -0.369. The summed E-state index contributed by atoms with van der Waals surface area (Å²) in [4.78, 5) is 13.8. The van der Waals surface area contributed by atoms with Gasteiger partial charge in [0.15, 0.2) is 0 Å². The predicted molar refractivity (Wildman–Crippen MR) is 248 cm³/mol. The van der Waals surface area contributed by atoms with E-state index in [4.69, 9.17) is 64.3 Å². The number of allylic oxidation sites excluding steroid dienone is 2. The molecule has 10 atom stereocenters. The van der Waals surface area contributed by atoms with Crippen molar-refractivity contribution in [3.8, 4) is 0 Å². The molecule has 360 valence electrons. The molecular formula is C48H85NO12S. The Morgan fingerprint density at radius 1 is 0.935 bits per heavy atom. The van der Waals surface area contributed by atoms with Crippen LogP contribution in [0, 0.1) is 11.8 Å². The Bertz CT molecular complexity index is 1330. The number of epoxide rings is 1. The van der Waals surface area contributed by atoms with Crippen molar-refractivity contribution >= 4 is 23.4 Å². The first-order valence-electron chi connectivity index (χ1n) is 23.3. The van der Waals surface area contributed by atoms with Crippen LogP contribution in [0.4, 0.5) is 0 Å². The highest BCUT2D eigenvalue weighted by Gasteiger charge is 2.48. The topological polar surface area (TPSA) is 134 Å². The minimum Gasteiger partial charge on any atom is -0.460 e. The van der Waals surface area contributed by atoms with Crippen molar-refractivity contribution in [3.63, 3.8) is 0 Å². The number of hydrogen-bond acceptors (Lipinski definition) is 13. The smallest absolute Gasteiger partial charge is 0.309 e. The van der Waals surface area contributed by atoms with Crippen LogP contribution in [-0.4, -0.2) is 144 Å². The van der Waals surface area contributed by atoms with Gasteiger partial charge in [-0.2, -0.15) is 0 Å². The van der Waals surface area contributed by atoms with Gasteiger partial charge in [0.05, 0.1) is 89.3 Å². The fraction of sp³-hybridized carbons (Fsp3) is 0.833. The van der Waals surface area contributed by atoms with Crippen molar-refractivity contribution in [2.45, 2.75) is 169 Å². The molecule has 1 saturated heterocycles. The van der Waals surface area contributed by atoms with Gasteiger partial charge in [-0.1, -0.05) is 45.1 Å². The van der Waals surface area contributed by atoms with Gasteiger partial charge in [0, 0.05) is 50.7 Å². The zero-order valence-corrected chi connectivity index (χ0v) is 41.2. The highest BCUT2D eigenvalue weighted by Crippen LogP contribution is 2.39. The van der Waals surface area contributed by atoms with E-state index in [0.717, 1.165) is 12.0 Å². The summed E-state index contributed by atoms with van der Waals surface area (Å²) in [6.07, 6.45) is 11.3. The summed E-state index contributed by atoms with van der Waals surface area (Å²) in [7, 11) is 0. The van der Waals surface area contributed by atoms with Crippen LogP contribution in [0.1, 0.15) is 115 Å². The first-order chi connectivity index (χ1) is 29.6. The molecule has 0 radical (unpaired) electrons. The maximum Gasteiger partial charge on any atom is 0.309 e. The summed E-state index contributed by atoms with van der Waals surface area (Å²) in [6.45, 7) is 30.4. The van der Waals surface area contributed by atoms with Crippen LogP contribution >= 0.6 is 12.2 Å². The molecule has 14 heteroatoms. The molecular weight excluding hydrogens is 815 g/mol. The molecule has 2 aliphatic rings. The fourth-order valence-electron chi connectivity index (χ4n) is 7.59. The summed E-state index contributed by atoms with van der Waals surface area (Å²) in [5, 5.41) is 3.50. The molecule has 0 amide bonds. The van der Waals surface area contributed by atoms with Crippen LogP contribution in [0.2, 0.25) is 0 Å². The first-order valence-corrected chi connectivity index (χ1v) is 23.7. The quantitative estimate of drug-likeness (QED) is 0.0186. The molecule has 13 nitrogen and oxygen atoms in total. The number of thiocarbonyl (C=S) groups is 1. The van der Waals surface area contributed by atoms with Crippen LogP contribution in [0.3, 0.4) is 0 Å². The molecule has 10 unspecified atom stereocenters. The highest BCUT2D eigenvalue weighted by molar-refractivity contribution is 7.80. The van der Waals surface area contributed by atoms with Crippen LogP contribution < -0.4 is 5.32 Å². The van der Waals surface area contributed by atoms with Crippen LogP contribution in [0.25, 0.3) is 0 Å². The Morgan fingerprint density at radius 3 is 2.19 bits per heavy atom. The zero-order valence-electron chi connectivity index (χ0n) is 40.4. The second kappa shape index (κ2) is 31.0. The molecule has 0 spiro atoms. The van der Waals surface area contributed by atoms with Gasteiger partial charge in [-0.25, -0.2) is 0 Å². The number of cyclic esters (lactones) is 1. The summed E-state index contributed by atoms with van der Waals surface area (Å²) in [6, 6.07) is 0.0808. The minimum atomic E-state index is -0.841. The number of esters is 1. The molecule has 0 aromatic carbocycles. The van der Waals surface area contributed by atoms with Gasteiger partial charge in [0.2, 0.25) is 0 Å². The molecule has 1 N–H and O–H groups in total. The number of hydrogen-bond donors (Lipinski definition) is 1. The number of carbonyl (C=O) groups is 1. The molecule has 0 bridgehead atoms. The number of nitrogens with one attached hydrogen (secondary N) is 1. The van der Waals surface area contributed by atoms with Gasteiger partial charge < -0.3 is 57.4 Å². The molecule has 0 aromatic heterocycles. The molecule has 2 heterocycles. The van der Waals surface area contributed by atoms with Gasteiger partial charge >= 0.3 is 5.97 Å². The number of carbonyl (C=O) groups excluding carboxylic acids is 1. The van der Waals surface area contributed by atoms with E-state index in [-0.39, 0.29) is 53.8 Å². The normalized spacial score (nSPS) is 27.5. The average molecular weight is 900 g/mol. The van der Waals surface area contributed by atoms with Gasteiger partial charge in [0.25, 0.3) is 5.17 Å². The monoisotopic (exact) mass is 900 g/mol. The zero-order chi connectivity index (χ0) is 46.0. The third-order valence-corrected chi connectivity index (χ3v) is 11.4. The SMILES string of the molecule is CCOCCOC1CCC(C)(OCCOCC)C(OC(=S)NC(C)C)/C=C/C(C)C(/C(C)=C/C=C/C(C)(CC2OC2C(C)C(CC)OCCOCC)OCCOCC)OC(=O)C1. The molecule has 2 aliphatic heterocycles. The van der Waals surface area contributed by atoms with E-state index < -0.39 is 29.5 Å². The largest absolute Gasteiger partial charge is 0.460 e. The standard InChI is InChI=1S/C48H85NO12S/c1-13-40(56-30-26-52-15-3)38(10)45-41(59-45)34-47(11,57-31-27-53-16-4)23-18-19-36(8)44-37(9)20-21-42(60-46(62)49-35(6)7)48(12,58-32-28-54-17-5)24-22-39(33-43(50)61-44)55-29-25-51-14-2/h18-21,23,35,37-42,44-45H,13-17,22,24-34H2,1-12H3,(H,49,62)/b21-20+,23-18+,36-19+. The second-order valence-electron chi connectivity index (χ2n) is 16.9. The van der Waals surface area contributed by atoms with Crippen LogP contribution in [0.5, 0.6) is 0 Å². The lowest BCUT2D eigenvalue weighted by Gasteiger charge is -2.38. The minimum absolute atomic E-state index is 0.0232. The Balaban J connectivity index is 2.45. The number of ether oxygens (including phenoxy) is 11. The summed E-state index contributed by atoms with van der Waals surface area (Å²) in [5.41, 5.74) is -0.624. The lowest BCUT2D eigenvalue weighted by Crippen LogP contribution is -2.47. The van der Waals surface area contributed by atoms with E-state index in [1.54, 1.807) is 0 Å². The van der Waals surface area contributed by atoms with Crippen molar-refractivity contribution < 1.29 is 56.9 Å². The summed E-state index contributed by atoms with van der Waals surface area (Å²) < 4.78 is 66.9. The van der Waals surface area contributed by atoms with E-state index in [9.17, 15) is 4.79 Å². The van der Waals surface area contributed by atoms with Crippen molar-refractivity contribution in [3.05, 3.63) is 36.0 Å². The van der Waals surface area contributed by atoms with Crippen LogP contribution in [-0.2, 0) is 56.9 Å². The Labute approximate surface area is 380 Å². The van der Waals surface area contributed by atoms with E-state index in [2.05, 4.69) is 32.2 Å². The first kappa shape index (κ1) is 56.2. The van der Waals surface area contributed by atoms with Crippen molar-refractivity contribution in [2.24, 2.45) is 11.8 Å². The van der Waals surface area contributed by atoms with Crippen molar-refractivity contribution in [1.82, 2.24) is 5.32 Å². The maximum atomic E-state index is 13.8. The van der Waals surface area contributed by atoms with E-state index in [1.807, 2.05) is 86.6 Å². The highest BCUT2D eigenvalue weighted by atomic mass is 32.1. The Morgan fingerprint density at radius 2 is 1.56 bits per heavy atom. The van der Waals surface area contributed by atoms with E-state index in [1.165, 1.54) is 0 Å². The van der Waals surface area contributed by atoms with E-state index in [0.29, 0.717) is 98.5 Å². The second-order valence-corrected chi connectivity index (χ2v) is 17.3. The van der Waals surface area contributed by atoms with Gasteiger partial charge in [0.1, 0.15) is 17.8 Å². The molecule has 1 fully saturated rings. The molecule has 2 rings (SSSR count). The maximum absolute atomic E-state index is 13.8. The third-order valence-electron chi connectivity index (χ3n) is 11.2. The van der Waals surface area contributed by atoms with Gasteiger partial charge in [-0.05, 0) is 105 Å². The lowest BCUT2D eigenvalue weighted by molar-refractivity contribution is -0.154. The molecule has 0 saturated carbocycles. The van der Waals surface area contributed by atoms with Crippen molar-refractivity contribution in [2.75, 3.05) is 79.3 Å². The Hall–Kier alpha value is -1.98. The fourth-order valence-corrected chi connectivity index (χ4v) is 7.93. The summed E-state index contributed by atoms with van der Waals surface area (Å²) >= 11 is 5.67. The number of rotatable bonds is 30. The van der Waals surface area contributed by atoms with E-state index >= 15 is 0 Å². The Kier molecular flexibility index (Phi) is 28.1. The average Bonchev–Trinajstić information content (AvgIpc) is 3.99.